The van der Waals surface area contributed by atoms with Crippen LogP contribution in [0.1, 0.15) is 41.5 Å². The van der Waals surface area contributed by atoms with Crippen LogP contribution in [0.3, 0.4) is 0 Å². The van der Waals surface area contributed by atoms with Gasteiger partial charge in [0, 0.05) is 19.3 Å². The second kappa shape index (κ2) is 11.0. The molecule has 0 aromatic carbocycles. The molecule has 6 nitrogen and oxygen atoms in total. The van der Waals surface area contributed by atoms with Crippen LogP contribution in [0.15, 0.2) is 0 Å². The fourth-order valence-electron chi connectivity index (χ4n) is 0.996. The SMILES string of the molecule is CC(=O)O.CC(=O)O.CC(C)C(O)C(C)(C)CO. The zero-order valence-corrected chi connectivity index (χ0v) is 12.0. The first-order chi connectivity index (χ1) is 7.88. The lowest BCUT2D eigenvalue weighted by Crippen LogP contribution is -2.36. The summed E-state index contributed by atoms with van der Waals surface area (Å²) >= 11 is 0. The Morgan fingerprint density at radius 2 is 1.28 bits per heavy atom. The van der Waals surface area contributed by atoms with Crippen molar-refractivity contribution >= 4 is 11.9 Å². The summed E-state index contributed by atoms with van der Waals surface area (Å²) in [5.74, 6) is -1.46. The molecular formula is C12H26O6. The summed E-state index contributed by atoms with van der Waals surface area (Å²) in [5.41, 5.74) is -0.367. The lowest BCUT2D eigenvalue weighted by atomic mass is 9.82. The van der Waals surface area contributed by atoms with Gasteiger partial charge in [0.1, 0.15) is 0 Å². The van der Waals surface area contributed by atoms with Gasteiger partial charge in [-0.25, -0.2) is 0 Å². The minimum Gasteiger partial charge on any atom is -0.481 e. The van der Waals surface area contributed by atoms with Gasteiger partial charge in [-0.2, -0.15) is 0 Å². The number of carboxylic acids is 2. The minimum absolute atomic E-state index is 0.0341. The lowest BCUT2D eigenvalue weighted by Gasteiger charge is -2.30. The molecule has 6 heteroatoms. The van der Waals surface area contributed by atoms with Crippen LogP contribution in [0.4, 0.5) is 0 Å². The second-order valence-electron chi connectivity index (χ2n) is 4.87. The molecule has 0 fully saturated rings. The van der Waals surface area contributed by atoms with E-state index in [4.69, 9.17) is 24.9 Å². The number of carbonyl (C=O) groups is 2. The molecule has 0 saturated carbocycles. The van der Waals surface area contributed by atoms with Crippen LogP contribution in [0.5, 0.6) is 0 Å². The van der Waals surface area contributed by atoms with Crippen molar-refractivity contribution in [1.82, 2.24) is 0 Å². The smallest absolute Gasteiger partial charge is 0.300 e. The summed E-state index contributed by atoms with van der Waals surface area (Å²) in [6, 6.07) is 0. The molecule has 18 heavy (non-hydrogen) atoms. The molecule has 0 radical (unpaired) electrons. The molecule has 0 bridgehead atoms. The average Bonchev–Trinajstić information content (AvgIpc) is 2.14. The molecule has 0 saturated heterocycles. The molecule has 0 spiro atoms. The first-order valence-corrected chi connectivity index (χ1v) is 5.56. The molecule has 1 atom stereocenters. The molecule has 0 heterocycles. The highest BCUT2D eigenvalue weighted by Gasteiger charge is 2.28. The predicted molar refractivity (Wildman–Crippen MR) is 68.3 cm³/mol. The lowest BCUT2D eigenvalue weighted by molar-refractivity contribution is -0.135. The fraction of sp³-hybridized carbons (Fsp3) is 0.833. The molecule has 0 aromatic heterocycles. The minimum atomic E-state index is -0.833. The van der Waals surface area contributed by atoms with Gasteiger partial charge in [0.25, 0.3) is 11.9 Å². The highest BCUT2D eigenvalue weighted by molar-refractivity contribution is 5.63. The van der Waals surface area contributed by atoms with Gasteiger partial charge in [0.05, 0.1) is 12.7 Å². The number of hydrogen-bond donors (Lipinski definition) is 4. The Balaban J connectivity index is -0.000000233. The molecule has 0 aliphatic carbocycles. The van der Waals surface area contributed by atoms with Crippen molar-refractivity contribution in [2.75, 3.05) is 6.61 Å². The molecule has 0 rings (SSSR count). The largest absolute Gasteiger partial charge is 0.481 e. The summed E-state index contributed by atoms with van der Waals surface area (Å²) in [4.78, 5) is 18.0. The Labute approximate surface area is 108 Å². The summed E-state index contributed by atoms with van der Waals surface area (Å²) in [6.45, 7) is 9.81. The number of hydrogen-bond acceptors (Lipinski definition) is 4. The monoisotopic (exact) mass is 266 g/mol. The van der Waals surface area contributed by atoms with E-state index >= 15 is 0 Å². The summed E-state index contributed by atoms with van der Waals surface area (Å²) < 4.78 is 0. The Morgan fingerprint density at radius 1 is 1.06 bits per heavy atom. The zero-order chi connectivity index (χ0) is 15.5. The summed E-state index contributed by atoms with van der Waals surface area (Å²) in [5, 5.41) is 33.2. The van der Waals surface area contributed by atoms with Crippen LogP contribution < -0.4 is 0 Å². The van der Waals surface area contributed by atoms with Crippen molar-refractivity contribution in [3.63, 3.8) is 0 Å². The van der Waals surface area contributed by atoms with Crippen LogP contribution >= 0.6 is 0 Å². The molecule has 110 valence electrons. The van der Waals surface area contributed by atoms with Gasteiger partial charge in [0.15, 0.2) is 0 Å². The predicted octanol–water partition coefficient (Wildman–Crippen LogP) is 1.20. The van der Waals surface area contributed by atoms with E-state index in [9.17, 15) is 5.11 Å². The topological polar surface area (TPSA) is 115 Å². The van der Waals surface area contributed by atoms with E-state index in [-0.39, 0.29) is 17.9 Å². The Bertz CT molecular complexity index is 215. The highest BCUT2D eigenvalue weighted by Crippen LogP contribution is 2.24. The van der Waals surface area contributed by atoms with Crippen LogP contribution in [-0.2, 0) is 9.59 Å². The summed E-state index contributed by atoms with van der Waals surface area (Å²) in [6.07, 6.45) is -0.419. The first kappa shape index (κ1) is 22.1. The normalized spacial score (nSPS) is 11.6. The maximum atomic E-state index is 9.49. The van der Waals surface area contributed by atoms with E-state index < -0.39 is 18.0 Å². The number of carboxylic acid groups (broad SMARTS) is 2. The van der Waals surface area contributed by atoms with Crippen molar-refractivity contribution in [2.45, 2.75) is 47.6 Å². The van der Waals surface area contributed by atoms with Crippen molar-refractivity contribution in [2.24, 2.45) is 11.3 Å². The Hall–Kier alpha value is -1.14. The number of rotatable bonds is 3. The maximum Gasteiger partial charge on any atom is 0.300 e. The number of aliphatic carboxylic acids is 2. The van der Waals surface area contributed by atoms with E-state index in [1.165, 1.54) is 0 Å². The second-order valence-corrected chi connectivity index (χ2v) is 4.87. The van der Waals surface area contributed by atoms with Crippen molar-refractivity contribution < 1.29 is 30.0 Å². The number of aliphatic hydroxyl groups is 2. The van der Waals surface area contributed by atoms with Gasteiger partial charge in [-0.1, -0.05) is 27.7 Å². The Kier molecular flexibility index (Phi) is 13.5. The molecule has 0 aliphatic heterocycles. The standard InChI is InChI=1S/C8H18O2.2C2H4O2/c1-6(2)7(10)8(3,4)5-9;2*1-2(3)4/h6-7,9-10H,5H2,1-4H3;2*1H3,(H,3,4). The van der Waals surface area contributed by atoms with Crippen LogP contribution in [0.2, 0.25) is 0 Å². The summed E-state index contributed by atoms with van der Waals surface area (Å²) in [7, 11) is 0. The van der Waals surface area contributed by atoms with E-state index in [0.29, 0.717) is 0 Å². The average molecular weight is 266 g/mol. The van der Waals surface area contributed by atoms with E-state index in [2.05, 4.69) is 0 Å². The van der Waals surface area contributed by atoms with Gasteiger partial charge < -0.3 is 20.4 Å². The zero-order valence-electron chi connectivity index (χ0n) is 12.0. The third kappa shape index (κ3) is 20.3. The van der Waals surface area contributed by atoms with Crippen molar-refractivity contribution in [3.05, 3.63) is 0 Å². The van der Waals surface area contributed by atoms with Crippen molar-refractivity contribution in [1.29, 1.82) is 0 Å². The fourth-order valence-corrected chi connectivity index (χ4v) is 0.996. The molecule has 0 aromatic rings. The maximum absolute atomic E-state index is 9.49. The molecular weight excluding hydrogens is 240 g/mol. The third-order valence-corrected chi connectivity index (χ3v) is 1.84. The van der Waals surface area contributed by atoms with Gasteiger partial charge in [-0.3, -0.25) is 9.59 Å². The first-order valence-electron chi connectivity index (χ1n) is 5.56. The van der Waals surface area contributed by atoms with Crippen LogP contribution in [-0.4, -0.2) is 45.1 Å². The van der Waals surface area contributed by atoms with Gasteiger partial charge in [-0.15, -0.1) is 0 Å². The third-order valence-electron chi connectivity index (χ3n) is 1.84. The van der Waals surface area contributed by atoms with E-state index in [1.807, 2.05) is 27.7 Å². The molecule has 0 amide bonds. The number of aliphatic hydroxyl groups excluding tert-OH is 2. The van der Waals surface area contributed by atoms with Crippen LogP contribution in [0, 0.1) is 11.3 Å². The van der Waals surface area contributed by atoms with Gasteiger partial charge in [0.2, 0.25) is 0 Å². The van der Waals surface area contributed by atoms with Crippen LogP contribution in [0.25, 0.3) is 0 Å². The van der Waals surface area contributed by atoms with Gasteiger partial charge >= 0.3 is 0 Å². The Morgan fingerprint density at radius 3 is 1.33 bits per heavy atom. The van der Waals surface area contributed by atoms with E-state index in [0.717, 1.165) is 13.8 Å². The molecule has 1 unspecified atom stereocenters. The molecule has 4 N–H and O–H groups in total. The quantitative estimate of drug-likeness (QED) is 0.610. The highest BCUT2D eigenvalue weighted by atomic mass is 16.4. The molecule has 0 aliphatic rings. The van der Waals surface area contributed by atoms with Gasteiger partial charge in [-0.05, 0) is 5.92 Å². The van der Waals surface area contributed by atoms with E-state index in [1.54, 1.807) is 0 Å². The van der Waals surface area contributed by atoms with Crippen molar-refractivity contribution in [3.8, 4) is 0 Å².